The second kappa shape index (κ2) is 3.67. The number of hydrogen-bond donors (Lipinski definition) is 0. The molecule has 0 unspecified atom stereocenters. The molecule has 0 radical (unpaired) electrons. The van der Waals surface area contributed by atoms with Gasteiger partial charge in [-0.25, -0.2) is 0 Å². The Hall–Kier alpha value is -0.300. The predicted molar refractivity (Wildman–Crippen MR) is 42.6 cm³/mol. The van der Waals surface area contributed by atoms with Crippen LogP contribution in [0.15, 0.2) is 12.2 Å². The van der Waals surface area contributed by atoms with E-state index in [0.29, 0.717) is 6.04 Å². The van der Waals surface area contributed by atoms with Gasteiger partial charge in [0.05, 0.1) is 0 Å². The Morgan fingerprint density at radius 2 is 2.00 bits per heavy atom. The highest BCUT2D eigenvalue weighted by Gasteiger charge is 2.00. The molecule has 0 amide bonds. The maximum absolute atomic E-state index is 3.84. The molecule has 1 heteroatoms. The molecule has 0 bridgehead atoms. The molecule has 0 rings (SSSR count). The van der Waals surface area contributed by atoms with E-state index in [-0.39, 0.29) is 0 Å². The van der Waals surface area contributed by atoms with Crippen molar-refractivity contribution in [3.8, 4) is 0 Å². The summed E-state index contributed by atoms with van der Waals surface area (Å²) in [5, 5.41) is 0. The van der Waals surface area contributed by atoms with Crippen LogP contribution in [0.3, 0.4) is 0 Å². The lowest BCUT2D eigenvalue weighted by molar-refractivity contribution is 0.297. The lowest BCUT2D eigenvalue weighted by atomic mass is 10.3. The van der Waals surface area contributed by atoms with E-state index in [2.05, 4.69) is 39.3 Å². The molecule has 0 aliphatic rings. The van der Waals surface area contributed by atoms with E-state index in [4.69, 9.17) is 0 Å². The predicted octanol–water partition coefficient (Wildman–Crippen LogP) is 1.90. The molecule has 0 N–H and O–H groups in total. The van der Waals surface area contributed by atoms with Crippen LogP contribution < -0.4 is 0 Å². The Bertz CT molecular complexity index is 94.7. The molecule has 54 valence electrons. The molecule has 0 fully saturated rings. The largest absolute Gasteiger partial charge is 0.300 e. The van der Waals surface area contributed by atoms with Crippen LogP contribution in [0, 0.1) is 0 Å². The first-order valence-electron chi connectivity index (χ1n) is 3.38. The van der Waals surface area contributed by atoms with Crippen molar-refractivity contribution in [3.63, 3.8) is 0 Å². The van der Waals surface area contributed by atoms with Crippen LogP contribution in [0.1, 0.15) is 20.8 Å². The first kappa shape index (κ1) is 8.70. The minimum absolute atomic E-state index is 0.627. The second-order valence-electron chi connectivity index (χ2n) is 2.97. The van der Waals surface area contributed by atoms with Crippen LogP contribution >= 0.6 is 0 Å². The average Bonchev–Trinajstić information content (AvgIpc) is 1.63. The van der Waals surface area contributed by atoms with Crippen molar-refractivity contribution in [1.29, 1.82) is 0 Å². The number of hydrogen-bond acceptors (Lipinski definition) is 1. The second-order valence-corrected chi connectivity index (χ2v) is 2.97. The van der Waals surface area contributed by atoms with E-state index in [1.165, 1.54) is 5.57 Å². The minimum atomic E-state index is 0.627. The van der Waals surface area contributed by atoms with Gasteiger partial charge in [-0.1, -0.05) is 12.2 Å². The third-order valence-electron chi connectivity index (χ3n) is 1.40. The minimum Gasteiger partial charge on any atom is -0.300 e. The molecular formula is C8H17N. The van der Waals surface area contributed by atoms with Gasteiger partial charge in [0.2, 0.25) is 0 Å². The first-order valence-corrected chi connectivity index (χ1v) is 3.38. The molecule has 0 saturated heterocycles. The van der Waals surface area contributed by atoms with Crippen molar-refractivity contribution in [2.45, 2.75) is 26.8 Å². The monoisotopic (exact) mass is 127 g/mol. The highest BCUT2D eigenvalue weighted by atomic mass is 15.1. The maximum Gasteiger partial charge on any atom is 0.0187 e. The van der Waals surface area contributed by atoms with Gasteiger partial charge in [0, 0.05) is 12.6 Å². The molecular weight excluding hydrogens is 110 g/mol. The van der Waals surface area contributed by atoms with Crippen molar-refractivity contribution in [2.24, 2.45) is 0 Å². The van der Waals surface area contributed by atoms with E-state index in [1.54, 1.807) is 0 Å². The summed E-state index contributed by atoms with van der Waals surface area (Å²) in [6.07, 6.45) is 0. The first-order chi connectivity index (χ1) is 4.04. The van der Waals surface area contributed by atoms with E-state index in [9.17, 15) is 0 Å². The van der Waals surface area contributed by atoms with Crippen molar-refractivity contribution in [3.05, 3.63) is 12.2 Å². The summed E-state index contributed by atoms with van der Waals surface area (Å²) in [7, 11) is 2.11. The third-order valence-corrected chi connectivity index (χ3v) is 1.40. The fraction of sp³-hybridized carbons (Fsp3) is 0.750. The summed E-state index contributed by atoms with van der Waals surface area (Å²) in [6.45, 7) is 11.3. The Morgan fingerprint density at radius 1 is 1.56 bits per heavy atom. The van der Waals surface area contributed by atoms with Gasteiger partial charge in [-0.2, -0.15) is 0 Å². The number of likely N-dealkylation sites (N-methyl/N-ethyl adjacent to an activating group) is 1. The summed E-state index contributed by atoms with van der Waals surface area (Å²) in [4.78, 5) is 2.27. The van der Waals surface area contributed by atoms with Crippen LogP contribution in [0.5, 0.6) is 0 Å². The van der Waals surface area contributed by atoms with E-state index < -0.39 is 0 Å². The summed E-state index contributed by atoms with van der Waals surface area (Å²) in [6, 6.07) is 0.627. The quantitative estimate of drug-likeness (QED) is 0.523. The molecule has 0 aromatic carbocycles. The summed E-state index contributed by atoms with van der Waals surface area (Å²) >= 11 is 0. The Balaban J connectivity index is 3.50. The Kier molecular flexibility index (Phi) is 3.55. The molecule has 0 aliphatic heterocycles. The summed E-state index contributed by atoms with van der Waals surface area (Å²) in [5.74, 6) is 0. The van der Waals surface area contributed by atoms with Crippen molar-refractivity contribution < 1.29 is 0 Å². The van der Waals surface area contributed by atoms with Crippen molar-refractivity contribution >= 4 is 0 Å². The van der Waals surface area contributed by atoms with E-state index in [0.717, 1.165) is 6.54 Å². The normalized spacial score (nSPS) is 10.9. The fourth-order valence-electron chi connectivity index (χ4n) is 0.608. The van der Waals surface area contributed by atoms with Crippen molar-refractivity contribution in [1.82, 2.24) is 4.90 Å². The van der Waals surface area contributed by atoms with Crippen LogP contribution in [-0.2, 0) is 0 Å². The third kappa shape index (κ3) is 4.22. The Labute approximate surface area is 58.4 Å². The lowest BCUT2D eigenvalue weighted by Crippen LogP contribution is -2.27. The SMILES string of the molecule is C=C(C)CN(C)C(C)C. The van der Waals surface area contributed by atoms with Crippen LogP contribution in [-0.4, -0.2) is 24.5 Å². The van der Waals surface area contributed by atoms with Gasteiger partial charge in [0.25, 0.3) is 0 Å². The average molecular weight is 127 g/mol. The lowest BCUT2D eigenvalue weighted by Gasteiger charge is -2.20. The molecule has 9 heavy (non-hydrogen) atoms. The van der Waals surface area contributed by atoms with Gasteiger partial charge in [0.15, 0.2) is 0 Å². The summed E-state index contributed by atoms with van der Waals surface area (Å²) in [5.41, 5.74) is 1.23. The fourth-order valence-corrected chi connectivity index (χ4v) is 0.608. The zero-order valence-corrected chi connectivity index (χ0v) is 6.94. The number of nitrogens with zero attached hydrogens (tertiary/aromatic N) is 1. The molecule has 0 aromatic rings. The highest BCUT2D eigenvalue weighted by molar-refractivity contribution is 4.91. The van der Waals surface area contributed by atoms with Gasteiger partial charge < -0.3 is 4.90 Å². The summed E-state index contributed by atoms with van der Waals surface area (Å²) < 4.78 is 0. The standard InChI is InChI=1S/C8H17N/c1-7(2)6-9(5)8(3)4/h8H,1,6H2,2-5H3. The zero-order valence-electron chi connectivity index (χ0n) is 6.94. The zero-order chi connectivity index (χ0) is 7.44. The smallest absolute Gasteiger partial charge is 0.0187 e. The molecule has 0 heterocycles. The molecule has 0 spiro atoms. The van der Waals surface area contributed by atoms with Crippen molar-refractivity contribution in [2.75, 3.05) is 13.6 Å². The topological polar surface area (TPSA) is 3.24 Å². The van der Waals surface area contributed by atoms with Gasteiger partial charge in [-0.05, 0) is 27.8 Å². The van der Waals surface area contributed by atoms with Crippen LogP contribution in [0.4, 0.5) is 0 Å². The molecule has 0 aromatic heterocycles. The molecule has 1 nitrogen and oxygen atoms in total. The van der Waals surface area contributed by atoms with Gasteiger partial charge in [0.1, 0.15) is 0 Å². The van der Waals surface area contributed by atoms with Gasteiger partial charge in [-0.3, -0.25) is 0 Å². The Morgan fingerprint density at radius 3 is 2.11 bits per heavy atom. The van der Waals surface area contributed by atoms with Gasteiger partial charge >= 0.3 is 0 Å². The van der Waals surface area contributed by atoms with Crippen LogP contribution in [0.2, 0.25) is 0 Å². The molecule has 0 saturated carbocycles. The van der Waals surface area contributed by atoms with Crippen LogP contribution in [0.25, 0.3) is 0 Å². The molecule has 0 atom stereocenters. The van der Waals surface area contributed by atoms with E-state index in [1.807, 2.05) is 0 Å². The van der Waals surface area contributed by atoms with E-state index >= 15 is 0 Å². The maximum atomic E-state index is 3.84. The highest BCUT2D eigenvalue weighted by Crippen LogP contribution is 1.97. The number of rotatable bonds is 3. The van der Waals surface area contributed by atoms with Gasteiger partial charge in [-0.15, -0.1) is 0 Å². The molecule has 0 aliphatic carbocycles.